The highest BCUT2D eigenvalue weighted by Gasteiger charge is 2.40. The first-order valence-corrected chi connectivity index (χ1v) is 20.9. The van der Waals surface area contributed by atoms with Crippen molar-refractivity contribution in [2.45, 2.75) is 103 Å². The first-order chi connectivity index (χ1) is 28.7. The molecular formula is C45H58N8O7. The maximum atomic E-state index is 13.6. The van der Waals surface area contributed by atoms with Gasteiger partial charge >= 0.3 is 12.2 Å². The molecule has 2 aromatic carbocycles. The molecule has 7 rings (SSSR count). The Labute approximate surface area is 351 Å². The number of nitrogens with zero attached hydrogens (tertiary/aromatic N) is 4. The van der Waals surface area contributed by atoms with Gasteiger partial charge in [0.2, 0.25) is 5.91 Å². The third kappa shape index (κ3) is 8.64. The molecule has 5 heterocycles. The van der Waals surface area contributed by atoms with Gasteiger partial charge in [-0.15, -0.1) is 0 Å². The minimum Gasteiger partial charge on any atom is -0.457 e. The van der Waals surface area contributed by atoms with Crippen LogP contribution in [0.25, 0.3) is 28.3 Å². The van der Waals surface area contributed by atoms with Crippen molar-refractivity contribution in [1.29, 1.82) is 0 Å². The number of likely N-dealkylation sites (tertiary alicyclic amines) is 2. The highest BCUT2D eigenvalue weighted by molar-refractivity contribution is 5.86. The molecule has 0 bridgehead atoms. The number of methoxy groups -OCH3 is 2. The number of carbonyl (C=O) groups is 3. The summed E-state index contributed by atoms with van der Waals surface area (Å²) in [4.78, 5) is 57.9. The van der Waals surface area contributed by atoms with Gasteiger partial charge in [0.25, 0.3) is 0 Å². The monoisotopic (exact) mass is 822 g/mol. The Kier molecular flexibility index (Phi) is 12.4. The van der Waals surface area contributed by atoms with Crippen LogP contribution in [0.3, 0.4) is 0 Å². The van der Waals surface area contributed by atoms with Crippen LogP contribution in [0.15, 0.2) is 60.9 Å². The van der Waals surface area contributed by atoms with Gasteiger partial charge in [0.1, 0.15) is 35.4 Å². The number of aromatic nitrogens is 4. The summed E-state index contributed by atoms with van der Waals surface area (Å²) in [7, 11) is 2.61. The van der Waals surface area contributed by atoms with Crippen molar-refractivity contribution in [1.82, 2.24) is 40.4 Å². The number of carbonyl (C=O) groups excluding carboxylic acids is 3. The summed E-state index contributed by atoms with van der Waals surface area (Å²) >= 11 is 0. The Morgan fingerprint density at radius 3 is 2.05 bits per heavy atom. The minimum absolute atomic E-state index is 0.0171. The molecule has 5 N–H and O–H groups in total. The molecule has 0 saturated carbocycles. The second kappa shape index (κ2) is 17.5. The predicted molar refractivity (Wildman–Crippen MR) is 226 cm³/mol. The van der Waals surface area contributed by atoms with Crippen LogP contribution in [0.4, 0.5) is 9.59 Å². The first-order valence-electron chi connectivity index (χ1n) is 20.9. The van der Waals surface area contributed by atoms with Gasteiger partial charge in [-0.05, 0) is 67.4 Å². The summed E-state index contributed by atoms with van der Waals surface area (Å²) in [6.45, 7) is 13.3. The molecule has 0 radical (unpaired) electrons. The number of nitrogens with one attached hydrogen (secondary N) is 4. The number of alkyl carbamates (subject to hydrolysis) is 2. The van der Waals surface area contributed by atoms with Gasteiger partial charge in [-0.1, -0.05) is 65.8 Å². The van der Waals surface area contributed by atoms with Crippen LogP contribution in [0.5, 0.6) is 5.75 Å². The highest BCUT2D eigenvalue weighted by atomic mass is 16.5. The third-order valence-electron chi connectivity index (χ3n) is 12.1. The molecular weight excluding hydrogens is 765 g/mol. The highest BCUT2D eigenvalue weighted by Crippen LogP contribution is 2.44. The van der Waals surface area contributed by atoms with Gasteiger partial charge in [-0.2, -0.15) is 0 Å². The number of benzene rings is 2. The number of hydrogen-bond donors (Lipinski definition) is 5. The fraction of sp³-hybridized carbons (Fsp3) is 0.489. The molecule has 2 aromatic heterocycles. The van der Waals surface area contributed by atoms with E-state index in [2.05, 4.69) is 46.6 Å². The van der Waals surface area contributed by atoms with Crippen LogP contribution in [0.2, 0.25) is 0 Å². The third-order valence-corrected chi connectivity index (χ3v) is 12.1. The molecule has 15 heteroatoms. The Morgan fingerprint density at radius 2 is 1.40 bits per heavy atom. The molecule has 2 fully saturated rings. The fourth-order valence-electron chi connectivity index (χ4n) is 8.68. The molecule has 0 aliphatic carbocycles. The van der Waals surface area contributed by atoms with E-state index in [0.29, 0.717) is 18.9 Å². The van der Waals surface area contributed by atoms with E-state index < -0.39 is 30.5 Å². The van der Waals surface area contributed by atoms with Crippen molar-refractivity contribution in [2.24, 2.45) is 11.8 Å². The lowest BCUT2D eigenvalue weighted by Crippen LogP contribution is -2.54. The average molecular weight is 823 g/mol. The van der Waals surface area contributed by atoms with Gasteiger partial charge in [0.05, 0.1) is 56.1 Å². The van der Waals surface area contributed by atoms with Crippen molar-refractivity contribution in [3.8, 4) is 28.3 Å². The summed E-state index contributed by atoms with van der Waals surface area (Å²) in [5, 5.41) is 16.9. The normalized spacial score (nSPS) is 20.2. The van der Waals surface area contributed by atoms with Gasteiger partial charge in [0.15, 0.2) is 0 Å². The van der Waals surface area contributed by atoms with Gasteiger partial charge in [-0.3, -0.25) is 9.69 Å². The Hall–Kier alpha value is -5.67. The predicted octanol–water partition coefficient (Wildman–Crippen LogP) is 7.06. The number of hydrogen-bond acceptors (Lipinski definition) is 10. The zero-order valence-electron chi connectivity index (χ0n) is 35.7. The molecule has 15 nitrogen and oxygen atoms in total. The Morgan fingerprint density at radius 1 is 0.817 bits per heavy atom. The van der Waals surface area contributed by atoms with Crippen LogP contribution in [-0.2, 0) is 19.7 Å². The average Bonchev–Trinajstić information content (AvgIpc) is 4.08. The van der Waals surface area contributed by atoms with E-state index >= 15 is 0 Å². The molecule has 3 aliphatic rings. The number of rotatable bonds is 12. The molecule has 60 heavy (non-hydrogen) atoms. The number of H-pyrrole nitrogens is 2. The van der Waals surface area contributed by atoms with E-state index in [4.69, 9.17) is 24.2 Å². The van der Waals surface area contributed by atoms with Crippen molar-refractivity contribution >= 4 is 23.9 Å². The van der Waals surface area contributed by atoms with Crippen molar-refractivity contribution in [3.63, 3.8) is 0 Å². The summed E-state index contributed by atoms with van der Waals surface area (Å²) in [5.41, 5.74) is 5.28. The van der Waals surface area contributed by atoms with Gasteiger partial charge < -0.3 is 44.8 Å². The zero-order valence-corrected chi connectivity index (χ0v) is 35.7. The molecule has 320 valence electrons. The van der Waals surface area contributed by atoms with Crippen LogP contribution < -0.4 is 15.4 Å². The number of aliphatic hydroxyl groups is 1. The minimum atomic E-state index is -0.906. The van der Waals surface area contributed by atoms with E-state index in [1.54, 1.807) is 6.20 Å². The molecule has 4 aromatic rings. The van der Waals surface area contributed by atoms with Crippen molar-refractivity contribution in [3.05, 3.63) is 83.7 Å². The first kappa shape index (κ1) is 42.5. The second-order valence-corrected chi connectivity index (χ2v) is 17.2. The largest absolute Gasteiger partial charge is 0.457 e. The Balaban J connectivity index is 1.03. The molecule has 3 amide bonds. The topological polar surface area (TPSA) is 187 Å². The number of ether oxygens (including phenoxy) is 3. The van der Waals surface area contributed by atoms with Crippen LogP contribution >= 0.6 is 0 Å². The Bertz CT molecular complexity index is 2210. The van der Waals surface area contributed by atoms with E-state index in [-0.39, 0.29) is 35.2 Å². The smallest absolute Gasteiger partial charge is 0.407 e. The molecule has 3 aliphatic heterocycles. The summed E-state index contributed by atoms with van der Waals surface area (Å²) in [5.74, 6) is 2.76. The maximum Gasteiger partial charge on any atom is 0.407 e. The number of allylic oxidation sites excluding steroid dienone is 1. The summed E-state index contributed by atoms with van der Waals surface area (Å²) in [6, 6.07) is 12.8. The van der Waals surface area contributed by atoms with Crippen LogP contribution in [-0.4, -0.2) is 98.6 Å². The van der Waals surface area contributed by atoms with E-state index in [1.165, 1.54) is 14.2 Å². The lowest BCUT2D eigenvalue weighted by Gasteiger charge is -2.35. The van der Waals surface area contributed by atoms with E-state index in [0.717, 1.165) is 76.7 Å². The molecule has 5 atom stereocenters. The molecule has 0 spiro atoms. The number of aromatic amines is 2. The van der Waals surface area contributed by atoms with Gasteiger partial charge in [0, 0.05) is 35.2 Å². The van der Waals surface area contributed by atoms with Crippen LogP contribution in [0, 0.1) is 11.8 Å². The number of imidazole rings is 2. The molecule has 2 saturated heterocycles. The number of fused-ring (bicyclic) bond motifs is 1. The summed E-state index contributed by atoms with van der Waals surface area (Å²) in [6.07, 6.45) is 7.03. The van der Waals surface area contributed by atoms with Crippen molar-refractivity contribution in [2.75, 3.05) is 27.3 Å². The standard InChI is InChI=1S/C45H58N8O7/c1-25(2)37(50-43(56)58-7)41(54)52-19-9-11-33(52)39-46-23-31(48-39)27-13-15-28(16-14-27)36-22-45(5,6)30-21-29(17-18-35(30)60-36)32-24-47-40(49-32)34-12-10-20-53(34)42(55)38(26(3)4)51-44(57)59-8/h13-18,21-26,33-34,37-38,42,55H,9-12,19-20H2,1-8H3,(H,46,48)(H,47,49)(H,50,56)(H,51,57)/t33-,34-,37-,38-,42?/m0/s1. The maximum absolute atomic E-state index is 13.6. The lowest BCUT2D eigenvalue weighted by atomic mass is 9.80. The summed E-state index contributed by atoms with van der Waals surface area (Å²) < 4.78 is 16.1. The van der Waals surface area contributed by atoms with Crippen molar-refractivity contribution < 1.29 is 33.7 Å². The quantitative estimate of drug-likeness (QED) is 0.0991. The lowest BCUT2D eigenvalue weighted by molar-refractivity contribution is -0.135. The second-order valence-electron chi connectivity index (χ2n) is 17.2. The van der Waals surface area contributed by atoms with Gasteiger partial charge in [-0.25, -0.2) is 19.6 Å². The SMILES string of the molecule is COC(=O)N[C@@H](C(C)C)C(O)N1CCC[C@H]1c1ncc(-c2ccc3c(c2)C(C)(C)C=C(c2ccc(-c4cnc([C@@H]5CCCN5C(=O)[C@@H](NC(=O)OC)C(C)C)[nH]4)cc2)O3)[nH]1. The number of aliphatic hydroxyl groups excluding tert-OH is 1. The fourth-order valence-corrected chi connectivity index (χ4v) is 8.68. The number of amides is 3. The van der Waals surface area contributed by atoms with E-state index in [1.807, 2.05) is 80.1 Å². The van der Waals surface area contributed by atoms with E-state index in [9.17, 15) is 19.5 Å². The zero-order chi connectivity index (χ0) is 42.9. The van der Waals surface area contributed by atoms with Crippen LogP contribution in [0.1, 0.15) is 102 Å². The molecule has 1 unspecified atom stereocenters.